The summed E-state index contributed by atoms with van der Waals surface area (Å²) in [6, 6.07) is 2.78. The van der Waals surface area contributed by atoms with Crippen molar-refractivity contribution in [2.45, 2.75) is 31.7 Å². The van der Waals surface area contributed by atoms with Crippen molar-refractivity contribution in [2.75, 3.05) is 6.54 Å². The molecule has 1 amide bonds. The highest BCUT2D eigenvalue weighted by Crippen LogP contribution is 2.24. The molecule has 0 fully saturated rings. The highest BCUT2D eigenvalue weighted by molar-refractivity contribution is 8.13. The Hall–Kier alpha value is -1.67. The van der Waals surface area contributed by atoms with Crippen LogP contribution in [0.4, 0.5) is 5.69 Å². The summed E-state index contributed by atoms with van der Waals surface area (Å²) in [6.45, 7) is 5.73. The second kappa shape index (κ2) is 6.40. The van der Waals surface area contributed by atoms with E-state index in [1.54, 1.807) is 20.8 Å². The van der Waals surface area contributed by atoms with Crippen LogP contribution in [-0.4, -0.2) is 36.7 Å². The number of amides is 1. The number of nitro groups is 1. The number of hydrogen-bond donors (Lipinski definition) is 0. The average molecular weight is 335 g/mol. The lowest BCUT2D eigenvalue weighted by Crippen LogP contribution is -2.36. The van der Waals surface area contributed by atoms with E-state index in [0.29, 0.717) is 6.54 Å². The fourth-order valence-corrected chi connectivity index (χ4v) is 2.66. The van der Waals surface area contributed by atoms with Crippen molar-refractivity contribution >= 4 is 31.3 Å². The molecule has 1 rings (SSSR count). The predicted molar refractivity (Wildman–Crippen MR) is 78.0 cm³/mol. The molecule has 0 aliphatic rings. The van der Waals surface area contributed by atoms with Crippen LogP contribution < -0.4 is 0 Å². The van der Waals surface area contributed by atoms with Crippen LogP contribution in [0.2, 0.25) is 0 Å². The summed E-state index contributed by atoms with van der Waals surface area (Å²) in [6.07, 6.45) is 0. The van der Waals surface area contributed by atoms with Gasteiger partial charge in [-0.1, -0.05) is 0 Å². The monoisotopic (exact) mass is 334 g/mol. The average Bonchev–Trinajstić information content (AvgIpc) is 2.37. The molecular weight excluding hydrogens is 320 g/mol. The van der Waals surface area contributed by atoms with Crippen molar-refractivity contribution in [2.24, 2.45) is 0 Å². The Morgan fingerprint density at radius 3 is 2.33 bits per heavy atom. The minimum absolute atomic E-state index is 0.0843. The fraction of sp³-hybridized carbons (Fsp3) is 0.417. The van der Waals surface area contributed by atoms with Gasteiger partial charge >= 0.3 is 0 Å². The van der Waals surface area contributed by atoms with Gasteiger partial charge in [0.2, 0.25) is 0 Å². The van der Waals surface area contributed by atoms with Gasteiger partial charge in [0, 0.05) is 41.0 Å². The van der Waals surface area contributed by atoms with Crippen LogP contribution in [0, 0.1) is 10.1 Å². The molecule has 0 spiro atoms. The van der Waals surface area contributed by atoms with E-state index in [-0.39, 0.29) is 11.6 Å². The maximum absolute atomic E-state index is 12.3. The molecule has 9 heteroatoms. The minimum atomic E-state index is -4.17. The summed E-state index contributed by atoms with van der Waals surface area (Å²) in [7, 11) is 1.04. The van der Waals surface area contributed by atoms with E-state index >= 15 is 0 Å². The third kappa shape index (κ3) is 4.15. The Balaban J connectivity index is 3.46. The van der Waals surface area contributed by atoms with Crippen molar-refractivity contribution in [1.82, 2.24) is 4.90 Å². The number of carbonyl (C=O) groups excluding carboxylic acids is 1. The first-order chi connectivity index (χ1) is 9.57. The van der Waals surface area contributed by atoms with Gasteiger partial charge in [-0.05, 0) is 26.8 Å². The second-order valence-electron chi connectivity index (χ2n) is 4.60. The topological polar surface area (TPSA) is 97.6 Å². The number of non-ortho nitro benzene ring substituents is 1. The van der Waals surface area contributed by atoms with E-state index in [0.717, 1.165) is 18.2 Å². The third-order valence-electron chi connectivity index (χ3n) is 2.86. The number of benzene rings is 1. The molecule has 0 atom stereocenters. The van der Waals surface area contributed by atoms with Crippen LogP contribution >= 0.6 is 10.7 Å². The lowest BCUT2D eigenvalue weighted by Gasteiger charge is -2.25. The lowest BCUT2D eigenvalue weighted by molar-refractivity contribution is -0.385. The molecule has 1 aromatic rings. The van der Waals surface area contributed by atoms with Crippen LogP contribution in [0.3, 0.4) is 0 Å². The SMILES string of the molecule is CCN(C(=O)c1cc([N+](=O)[O-])cc(S(=O)(=O)Cl)c1)C(C)C. The number of hydrogen-bond acceptors (Lipinski definition) is 5. The van der Waals surface area contributed by atoms with E-state index in [4.69, 9.17) is 10.7 Å². The zero-order chi connectivity index (χ0) is 16.4. The van der Waals surface area contributed by atoms with Crippen molar-refractivity contribution < 1.29 is 18.1 Å². The summed E-state index contributed by atoms with van der Waals surface area (Å²) in [5.74, 6) is -0.488. The van der Waals surface area contributed by atoms with Crippen molar-refractivity contribution in [1.29, 1.82) is 0 Å². The van der Waals surface area contributed by atoms with Gasteiger partial charge in [0.25, 0.3) is 20.6 Å². The molecule has 1 aromatic carbocycles. The molecule has 7 nitrogen and oxygen atoms in total. The van der Waals surface area contributed by atoms with Crippen LogP contribution in [-0.2, 0) is 9.05 Å². The molecule has 0 aromatic heterocycles. The maximum Gasteiger partial charge on any atom is 0.271 e. The van der Waals surface area contributed by atoms with Crippen molar-refractivity contribution in [3.63, 3.8) is 0 Å². The zero-order valence-electron chi connectivity index (χ0n) is 11.7. The fourth-order valence-electron chi connectivity index (χ4n) is 1.86. The Kier molecular flexibility index (Phi) is 5.30. The lowest BCUT2D eigenvalue weighted by atomic mass is 10.1. The number of carbonyl (C=O) groups is 1. The first-order valence-electron chi connectivity index (χ1n) is 6.13. The molecule has 21 heavy (non-hydrogen) atoms. The van der Waals surface area contributed by atoms with E-state index in [1.165, 1.54) is 4.90 Å². The first-order valence-corrected chi connectivity index (χ1v) is 8.44. The highest BCUT2D eigenvalue weighted by Gasteiger charge is 2.23. The van der Waals surface area contributed by atoms with Gasteiger partial charge in [-0.15, -0.1) is 0 Å². The van der Waals surface area contributed by atoms with E-state index in [2.05, 4.69) is 0 Å². The predicted octanol–water partition coefficient (Wildman–Crippen LogP) is 2.39. The summed E-state index contributed by atoms with van der Waals surface area (Å²) in [5.41, 5.74) is -0.584. The number of nitro benzene ring substituents is 1. The Morgan fingerprint density at radius 1 is 1.38 bits per heavy atom. The van der Waals surface area contributed by atoms with Crippen LogP contribution in [0.1, 0.15) is 31.1 Å². The molecule has 0 saturated heterocycles. The van der Waals surface area contributed by atoms with Gasteiger partial charge < -0.3 is 4.90 Å². The molecule has 0 heterocycles. The molecule has 0 saturated carbocycles. The summed E-state index contributed by atoms with van der Waals surface area (Å²) >= 11 is 0. The zero-order valence-corrected chi connectivity index (χ0v) is 13.3. The van der Waals surface area contributed by atoms with Gasteiger partial charge in [-0.25, -0.2) is 8.42 Å². The molecule has 116 valence electrons. The van der Waals surface area contributed by atoms with Gasteiger partial charge in [0.1, 0.15) is 0 Å². The van der Waals surface area contributed by atoms with Crippen LogP contribution in [0.15, 0.2) is 23.1 Å². The second-order valence-corrected chi connectivity index (χ2v) is 7.16. The molecular formula is C12H15ClN2O5S. The van der Waals surface area contributed by atoms with Gasteiger partial charge in [0.15, 0.2) is 0 Å². The number of nitrogens with zero attached hydrogens (tertiary/aromatic N) is 2. The Labute approximate surface area is 127 Å². The van der Waals surface area contributed by atoms with Crippen molar-refractivity contribution in [3.8, 4) is 0 Å². The molecule has 0 aliphatic carbocycles. The highest BCUT2D eigenvalue weighted by atomic mass is 35.7. The van der Waals surface area contributed by atoms with Crippen LogP contribution in [0.5, 0.6) is 0 Å². The number of halogens is 1. The van der Waals surface area contributed by atoms with Gasteiger partial charge in [-0.3, -0.25) is 14.9 Å². The standard InChI is InChI=1S/C12H15ClN2O5S/c1-4-14(8(2)3)12(16)9-5-10(15(17)18)7-11(6-9)21(13,19)20/h5-8H,4H2,1-3H3. The molecule has 0 aliphatic heterocycles. The minimum Gasteiger partial charge on any atom is -0.336 e. The molecule has 0 bridgehead atoms. The smallest absolute Gasteiger partial charge is 0.271 e. The van der Waals surface area contributed by atoms with Gasteiger partial charge in [0.05, 0.1) is 9.82 Å². The molecule has 0 radical (unpaired) electrons. The van der Waals surface area contributed by atoms with Crippen LogP contribution in [0.25, 0.3) is 0 Å². The summed E-state index contributed by atoms with van der Waals surface area (Å²) in [4.78, 5) is 23.4. The van der Waals surface area contributed by atoms with Gasteiger partial charge in [-0.2, -0.15) is 0 Å². The Bertz CT molecular complexity index is 672. The third-order valence-corrected chi connectivity index (χ3v) is 4.19. The normalized spacial score (nSPS) is 11.5. The summed E-state index contributed by atoms with van der Waals surface area (Å²) in [5, 5.41) is 10.9. The van der Waals surface area contributed by atoms with E-state index in [9.17, 15) is 23.3 Å². The van der Waals surface area contributed by atoms with Crippen molar-refractivity contribution in [3.05, 3.63) is 33.9 Å². The maximum atomic E-state index is 12.3. The molecule has 0 N–H and O–H groups in total. The van der Waals surface area contributed by atoms with E-state index in [1.807, 2.05) is 0 Å². The van der Waals surface area contributed by atoms with E-state index < -0.39 is 30.5 Å². The quantitative estimate of drug-likeness (QED) is 0.468. The Morgan fingerprint density at radius 2 is 1.95 bits per heavy atom. The summed E-state index contributed by atoms with van der Waals surface area (Å²) < 4.78 is 22.7. The largest absolute Gasteiger partial charge is 0.336 e. The first kappa shape index (κ1) is 17.4. The number of rotatable bonds is 5. The molecule has 0 unspecified atom stereocenters.